The number of benzene rings is 1. The van der Waals surface area contributed by atoms with Crippen molar-refractivity contribution in [2.24, 2.45) is 4.99 Å². The molecule has 1 fully saturated rings. The van der Waals surface area contributed by atoms with Crippen LogP contribution in [0.25, 0.3) is 11.3 Å². The molecule has 2 aliphatic rings. The van der Waals surface area contributed by atoms with E-state index in [1.807, 2.05) is 11.8 Å². The summed E-state index contributed by atoms with van der Waals surface area (Å²) in [5.74, 6) is -0.823. The van der Waals surface area contributed by atoms with Crippen LogP contribution in [0.1, 0.15) is 42.4 Å². The SMILES string of the molecule is CC1=NCc2nc(-c3ccc(O)cc3F)cc(C(=O)N3CCNC(C)(C)C3)c21. The van der Waals surface area contributed by atoms with Crippen LogP contribution >= 0.6 is 0 Å². The van der Waals surface area contributed by atoms with E-state index in [0.29, 0.717) is 36.6 Å². The summed E-state index contributed by atoms with van der Waals surface area (Å²) in [5.41, 5.74) is 3.17. The highest BCUT2D eigenvalue weighted by Crippen LogP contribution is 2.31. The Morgan fingerprint density at radius 2 is 2.11 bits per heavy atom. The van der Waals surface area contributed by atoms with Gasteiger partial charge in [-0.25, -0.2) is 9.37 Å². The van der Waals surface area contributed by atoms with Gasteiger partial charge in [0.15, 0.2) is 0 Å². The van der Waals surface area contributed by atoms with E-state index < -0.39 is 5.82 Å². The highest BCUT2D eigenvalue weighted by Gasteiger charge is 2.32. The van der Waals surface area contributed by atoms with E-state index >= 15 is 0 Å². The van der Waals surface area contributed by atoms with Gasteiger partial charge in [0.05, 0.1) is 23.5 Å². The molecule has 1 saturated heterocycles. The minimum atomic E-state index is -0.579. The molecular formula is C21H23FN4O2. The van der Waals surface area contributed by atoms with E-state index in [2.05, 4.69) is 29.1 Å². The lowest BCUT2D eigenvalue weighted by Gasteiger charge is -2.39. The molecule has 1 aromatic carbocycles. The number of nitrogens with one attached hydrogen (secondary N) is 1. The monoisotopic (exact) mass is 382 g/mol. The quantitative estimate of drug-likeness (QED) is 0.837. The second-order valence-electron chi connectivity index (χ2n) is 7.98. The fourth-order valence-corrected chi connectivity index (χ4v) is 3.89. The first-order valence-electron chi connectivity index (χ1n) is 9.34. The lowest BCUT2D eigenvalue weighted by Crippen LogP contribution is -2.58. The molecule has 0 radical (unpaired) electrons. The zero-order valence-electron chi connectivity index (χ0n) is 16.2. The molecular weight excluding hydrogens is 359 g/mol. The summed E-state index contributed by atoms with van der Waals surface area (Å²) in [4.78, 5) is 24.2. The van der Waals surface area contributed by atoms with Crippen molar-refractivity contribution < 1.29 is 14.3 Å². The summed E-state index contributed by atoms with van der Waals surface area (Å²) >= 11 is 0. The predicted molar refractivity (Wildman–Crippen MR) is 105 cm³/mol. The molecule has 0 aliphatic carbocycles. The minimum absolute atomic E-state index is 0.0925. The van der Waals surface area contributed by atoms with Crippen molar-refractivity contribution in [3.8, 4) is 17.0 Å². The molecule has 1 amide bonds. The Kier molecular flexibility index (Phi) is 4.42. The standard InChI is InChI=1S/C21H23FN4O2/c1-12-19-15(20(28)26-7-6-24-21(2,3)11-26)9-17(25-18(19)10-23-12)14-5-4-13(27)8-16(14)22/h4-5,8-9,24,27H,6-7,10-11H2,1-3H3. The van der Waals surface area contributed by atoms with Gasteiger partial charge in [-0.15, -0.1) is 0 Å². The van der Waals surface area contributed by atoms with Crippen molar-refractivity contribution >= 4 is 11.6 Å². The summed E-state index contributed by atoms with van der Waals surface area (Å²) in [5, 5.41) is 12.9. The summed E-state index contributed by atoms with van der Waals surface area (Å²) in [6.45, 7) is 8.29. The number of nitrogens with zero attached hydrogens (tertiary/aromatic N) is 3. The molecule has 0 saturated carbocycles. The average Bonchev–Trinajstić information content (AvgIpc) is 3.00. The number of aromatic hydroxyl groups is 1. The highest BCUT2D eigenvalue weighted by atomic mass is 19.1. The number of aromatic nitrogens is 1. The zero-order chi connectivity index (χ0) is 20.1. The van der Waals surface area contributed by atoms with Crippen LogP contribution in [0.2, 0.25) is 0 Å². The van der Waals surface area contributed by atoms with E-state index in [9.17, 15) is 14.3 Å². The summed E-state index contributed by atoms with van der Waals surface area (Å²) < 4.78 is 14.4. The van der Waals surface area contributed by atoms with Crippen LogP contribution in [0.15, 0.2) is 29.3 Å². The molecule has 0 spiro atoms. The van der Waals surface area contributed by atoms with Gasteiger partial charge in [-0.05, 0) is 39.0 Å². The number of halogens is 1. The Balaban J connectivity index is 1.81. The number of hydrogen-bond acceptors (Lipinski definition) is 5. The molecule has 7 heteroatoms. The molecule has 0 unspecified atom stereocenters. The third-order valence-corrected chi connectivity index (χ3v) is 5.24. The number of carbonyl (C=O) groups excluding carboxylic acids is 1. The third-order valence-electron chi connectivity index (χ3n) is 5.24. The first kappa shape index (κ1) is 18.6. The van der Waals surface area contributed by atoms with Crippen LogP contribution in [0, 0.1) is 5.82 Å². The number of fused-ring (bicyclic) bond motifs is 1. The van der Waals surface area contributed by atoms with Crippen LogP contribution in [0.5, 0.6) is 5.75 Å². The van der Waals surface area contributed by atoms with Crippen LogP contribution in [-0.2, 0) is 6.54 Å². The molecule has 1 aromatic heterocycles. The van der Waals surface area contributed by atoms with Gasteiger partial charge in [-0.3, -0.25) is 9.79 Å². The van der Waals surface area contributed by atoms with Crippen molar-refractivity contribution in [1.82, 2.24) is 15.2 Å². The van der Waals surface area contributed by atoms with E-state index in [1.54, 1.807) is 6.07 Å². The van der Waals surface area contributed by atoms with Crippen molar-refractivity contribution in [1.29, 1.82) is 0 Å². The van der Waals surface area contributed by atoms with Gasteiger partial charge < -0.3 is 15.3 Å². The Morgan fingerprint density at radius 1 is 1.32 bits per heavy atom. The third kappa shape index (κ3) is 3.26. The Morgan fingerprint density at radius 3 is 2.82 bits per heavy atom. The maximum absolute atomic E-state index is 14.4. The molecule has 3 heterocycles. The number of amides is 1. The minimum Gasteiger partial charge on any atom is -0.508 e. The van der Waals surface area contributed by atoms with Gasteiger partial charge in [0.1, 0.15) is 11.6 Å². The number of piperazine rings is 1. The number of phenolic OH excluding ortho intramolecular Hbond substituents is 1. The summed E-state index contributed by atoms with van der Waals surface area (Å²) in [6.07, 6.45) is 0. The van der Waals surface area contributed by atoms with Gasteiger partial charge >= 0.3 is 0 Å². The number of aliphatic imine (C=N–C) groups is 1. The van der Waals surface area contributed by atoms with Crippen LogP contribution in [0.3, 0.4) is 0 Å². The number of phenols is 1. The normalized spacial score (nSPS) is 18.0. The van der Waals surface area contributed by atoms with E-state index in [-0.39, 0.29) is 22.8 Å². The fraction of sp³-hybridized carbons (Fsp3) is 0.381. The van der Waals surface area contributed by atoms with Gasteiger partial charge in [0, 0.05) is 48.1 Å². The topological polar surface area (TPSA) is 77.8 Å². The lowest BCUT2D eigenvalue weighted by atomic mass is 9.97. The first-order chi connectivity index (χ1) is 13.2. The van der Waals surface area contributed by atoms with Crippen LogP contribution in [-0.4, -0.2) is 51.8 Å². The van der Waals surface area contributed by atoms with Gasteiger partial charge in [-0.2, -0.15) is 0 Å². The first-order valence-corrected chi connectivity index (χ1v) is 9.34. The second-order valence-corrected chi connectivity index (χ2v) is 7.98. The van der Waals surface area contributed by atoms with Crippen LogP contribution in [0.4, 0.5) is 4.39 Å². The Labute approximate surface area is 163 Å². The van der Waals surface area contributed by atoms with Crippen molar-refractivity contribution in [2.45, 2.75) is 32.9 Å². The number of carbonyl (C=O) groups is 1. The maximum atomic E-state index is 14.4. The second kappa shape index (κ2) is 6.67. The Hall–Kier alpha value is -2.80. The molecule has 2 N–H and O–H groups in total. The molecule has 2 aromatic rings. The molecule has 2 aliphatic heterocycles. The largest absolute Gasteiger partial charge is 0.508 e. The predicted octanol–water partition coefficient (Wildman–Crippen LogP) is 2.74. The number of hydrogen-bond donors (Lipinski definition) is 2. The molecule has 0 bridgehead atoms. The Bertz CT molecular complexity index is 1000. The van der Waals surface area contributed by atoms with Gasteiger partial charge in [0.25, 0.3) is 5.91 Å². The summed E-state index contributed by atoms with van der Waals surface area (Å²) in [7, 11) is 0. The summed E-state index contributed by atoms with van der Waals surface area (Å²) in [6, 6.07) is 5.59. The van der Waals surface area contributed by atoms with E-state index in [1.165, 1.54) is 12.1 Å². The lowest BCUT2D eigenvalue weighted by molar-refractivity contribution is 0.0652. The average molecular weight is 382 g/mol. The zero-order valence-corrected chi connectivity index (χ0v) is 16.2. The van der Waals surface area contributed by atoms with Gasteiger partial charge in [-0.1, -0.05) is 0 Å². The van der Waals surface area contributed by atoms with Gasteiger partial charge in [0.2, 0.25) is 0 Å². The van der Waals surface area contributed by atoms with Crippen molar-refractivity contribution in [3.63, 3.8) is 0 Å². The van der Waals surface area contributed by atoms with E-state index in [0.717, 1.165) is 23.9 Å². The molecule has 146 valence electrons. The molecule has 0 atom stereocenters. The molecule has 6 nitrogen and oxygen atoms in total. The van der Waals surface area contributed by atoms with Crippen molar-refractivity contribution in [2.75, 3.05) is 19.6 Å². The smallest absolute Gasteiger partial charge is 0.254 e. The highest BCUT2D eigenvalue weighted by molar-refractivity contribution is 6.11. The van der Waals surface area contributed by atoms with Crippen LogP contribution < -0.4 is 5.32 Å². The molecule has 28 heavy (non-hydrogen) atoms. The van der Waals surface area contributed by atoms with Crippen molar-refractivity contribution in [3.05, 3.63) is 46.9 Å². The maximum Gasteiger partial charge on any atom is 0.254 e. The number of pyridine rings is 1. The fourth-order valence-electron chi connectivity index (χ4n) is 3.89. The molecule has 4 rings (SSSR count). The van der Waals surface area contributed by atoms with E-state index in [4.69, 9.17) is 0 Å². The number of rotatable bonds is 2.